The monoisotopic (exact) mass is 441 g/mol. The van der Waals surface area contributed by atoms with Crippen LogP contribution >= 0.6 is 0 Å². The Morgan fingerprint density at radius 1 is 1.16 bits per heavy atom. The summed E-state index contributed by atoms with van der Waals surface area (Å²) in [6.07, 6.45) is 13.6. The summed E-state index contributed by atoms with van der Waals surface area (Å²) in [4.78, 5) is 24.1. The number of rotatable bonds is 7. The van der Waals surface area contributed by atoms with Crippen molar-refractivity contribution in [3.8, 4) is 5.88 Å². The van der Waals surface area contributed by atoms with E-state index in [0.29, 0.717) is 24.4 Å². The second kappa shape index (κ2) is 11.5. The predicted molar refractivity (Wildman–Crippen MR) is 127 cm³/mol. The first-order valence-corrected chi connectivity index (χ1v) is 12.7. The molecule has 7 heteroatoms. The van der Waals surface area contributed by atoms with Crippen LogP contribution in [0.4, 0.5) is 0 Å². The van der Waals surface area contributed by atoms with Gasteiger partial charge in [0.15, 0.2) is 5.96 Å². The molecule has 3 aliphatic rings. The zero-order valence-electron chi connectivity index (χ0n) is 19.5. The van der Waals surface area contributed by atoms with Crippen molar-refractivity contribution in [1.29, 1.82) is 0 Å². The number of aliphatic imine (C=N–C) groups is 1. The fourth-order valence-electron chi connectivity index (χ4n) is 5.16. The fourth-order valence-corrected chi connectivity index (χ4v) is 5.16. The van der Waals surface area contributed by atoms with Crippen molar-refractivity contribution in [2.24, 2.45) is 10.9 Å². The number of likely N-dealkylation sites (tertiary alicyclic amines) is 1. The number of ether oxygens (including phenoxy) is 1. The van der Waals surface area contributed by atoms with Gasteiger partial charge in [-0.3, -0.25) is 4.79 Å². The molecule has 1 aromatic rings. The molecule has 7 nitrogen and oxygen atoms in total. The molecule has 0 aromatic carbocycles. The molecule has 4 rings (SSSR count). The Labute approximate surface area is 192 Å². The van der Waals surface area contributed by atoms with Gasteiger partial charge in [-0.2, -0.15) is 0 Å². The average molecular weight is 442 g/mol. The SMILES string of the molecule is CCNC(=NCc1ccnc(OC2CCCC2)c1)NC1CCN(C(=O)C2CCCCC2)C1. The van der Waals surface area contributed by atoms with E-state index in [9.17, 15) is 4.79 Å². The number of hydrogen-bond acceptors (Lipinski definition) is 4. The van der Waals surface area contributed by atoms with Crippen molar-refractivity contribution >= 4 is 11.9 Å². The van der Waals surface area contributed by atoms with Crippen molar-refractivity contribution in [3.63, 3.8) is 0 Å². The van der Waals surface area contributed by atoms with Crippen LogP contribution in [0.15, 0.2) is 23.3 Å². The lowest BCUT2D eigenvalue weighted by atomic mass is 9.88. The molecule has 0 bridgehead atoms. The lowest BCUT2D eigenvalue weighted by Crippen LogP contribution is -2.45. The van der Waals surface area contributed by atoms with Crippen molar-refractivity contribution < 1.29 is 9.53 Å². The molecule has 32 heavy (non-hydrogen) atoms. The van der Waals surface area contributed by atoms with Crippen molar-refractivity contribution in [1.82, 2.24) is 20.5 Å². The van der Waals surface area contributed by atoms with Gasteiger partial charge in [0.2, 0.25) is 11.8 Å². The number of carbonyl (C=O) groups is 1. The summed E-state index contributed by atoms with van der Waals surface area (Å²) in [5.41, 5.74) is 1.09. The van der Waals surface area contributed by atoms with E-state index in [-0.39, 0.29) is 12.0 Å². The average Bonchev–Trinajstić information content (AvgIpc) is 3.50. The van der Waals surface area contributed by atoms with E-state index in [2.05, 4.69) is 27.4 Å². The van der Waals surface area contributed by atoms with E-state index < -0.39 is 0 Å². The summed E-state index contributed by atoms with van der Waals surface area (Å²) in [6.45, 7) is 5.06. The number of amides is 1. The molecule has 1 unspecified atom stereocenters. The summed E-state index contributed by atoms with van der Waals surface area (Å²) in [6, 6.07) is 4.25. The van der Waals surface area contributed by atoms with Gasteiger partial charge in [0.05, 0.1) is 6.54 Å². The number of carbonyl (C=O) groups excluding carboxylic acids is 1. The topological polar surface area (TPSA) is 78.9 Å². The van der Waals surface area contributed by atoms with Crippen LogP contribution in [0, 0.1) is 5.92 Å². The summed E-state index contributed by atoms with van der Waals surface area (Å²) >= 11 is 0. The molecule has 1 amide bonds. The van der Waals surface area contributed by atoms with Crippen molar-refractivity contribution in [2.75, 3.05) is 19.6 Å². The van der Waals surface area contributed by atoms with Gasteiger partial charge in [0, 0.05) is 43.9 Å². The fraction of sp³-hybridized carbons (Fsp3) is 0.720. The highest BCUT2D eigenvalue weighted by atomic mass is 16.5. The first-order valence-electron chi connectivity index (χ1n) is 12.7. The number of hydrogen-bond donors (Lipinski definition) is 2. The van der Waals surface area contributed by atoms with Crippen LogP contribution < -0.4 is 15.4 Å². The lowest BCUT2D eigenvalue weighted by Gasteiger charge is -2.26. The van der Waals surface area contributed by atoms with Gasteiger partial charge in [-0.15, -0.1) is 0 Å². The first kappa shape index (κ1) is 22.9. The molecule has 1 atom stereocenters. The molecule has 1 aromatic heterocycles. The van der Waals surface area contributed by atoms with Crippen LogP contribution in [0.3, 0.4) is 0 Å². The maximum absolute atomic E-state index is 12.9. The summed E-state index contributed by atoms with van der Waals surface area (Å²) in [5.74, 6) is 2.12. The third kappa shape index (κ3) is 6.36. The van der Waals surface area contributed by atoms with Gasteiger partial charge in [-0.25, -0.2) is 9.98 Å². The molecule has 2 aliphatic carbocycles. The normalized spacial score (nSPS) is 22.8. The van der Waals surface area contributed by atoms with E-state index in [1.165, 1.54) is 32.1 Å². The minimum Gasteiger partial charge on any atom is -0.474 e. The minimum atomic E-state index is 0.247. The van der Waals surface area contributed by atoms with Gasteiger partial charge in [0.25, 0.3) is 0 Å². The van der Waals surface area contributed by atoms with E-state index >= 15 is 0 Å². The Hall–Kier alpha value is -2.31. The van der Waals surface area contributed by atoms with Gasteiger partial charge < -0.3 is 20.3 Å². The summed E-state index contributed by atoms with van der Waals surface area (Å²) in [7, 11) is 0. The zero-order valence-corrected chi connectivity index (χ0v) is 19.5. The number of nitrogens with zero attached hydrogens (tertiary/aromatic N) is 3. The number of guanidine groups is 1. The van der Waals surface area contributed by atoms with Gasteiger partial charge in [-0.05, 0) is 63.5 Å². The summed E-state index contributed by atoms with van der Waals surface area (Å²) in [5, 5.41) is 6.90. The molecule has 1 aliphatic heterocycles. The molecule has 2 N–H and O–H groups in total. The molecular formula is C25H39N5O2. The van der Waals surface area contributed by atoms with Crippen LogP contribution in [-0.2, 0) is 11.3 Å². The van der Waals surface area contributed by atoms with Crippen LogP contribution in [0.2, 0.25) is 0 Å². The molecule has 1 saturated heterocycles. The Morgan fingerprint density at radius 3 is 2.72 bits per heavy atom. The zero-order chi connectivity index (χ0) is 22.2. The second-order valence-electron chi connectivity index (χ2n) is 9.47. The molecule has 3 fully saturated rings. The number of pyridine rings is 1. The van der Waals surface area contributed by atoms with Crippen molar-refractivity contribution in [2.45, 2.75) is 89.8 Å². The van der Waals surface area contributed by atoms with E-state index in [1.54, 1.807) is 6.20 Å². The number of aromatic nitrogens is 1. The molecular weight excluding hydrogens is 402 g/mol. The van der Waals surface area contributed by atoms with Crippen LogP contribution in [0.5, 0.6) is 5.88 Å². The third-order valence-electron chi connectivity index (χ3n) is 6.95. The maximum Gasteiger partial charge on any atom is 0.225 e. The first-order chi connectivity index (χ1) is 15.7. The lowest BCUT2D eigenvalue weighted by molar-refractivity contribution is -0.135. The van der Waals surface area contributed by atoms with E-state index in [1.807, 2.05) is 12.1 Å². The van der Waals surface area contributed by atoms with Gasteiger partial charge in [-0.1, -0.05) is 19.3 Å². The van der Waals surface area contributed by atoms with Crippen LogP contribution in [0.1, 0.15) is 76.7 Å². The second-order valence-corrected chi connectivity index (χ2v) is 9.47. The van der Waals surface area contributed by atoms with Crippen molar-refractivity contribution in [3.05, 3.63) is 23.9 Å². The van der Waals surface area contributed by atoms with E-state index in [0.717, 1.165) is 63.3 Å². The largest absolute Gasteiger partial charge is 0.474 e. The van der Waals surface area contributed by atoms with Crippen LogP contribution in [-0.4, -0.2) is 53.5 Å². The Morgan fingerprint density at radius 2 is 1.94 bits per heavy atom. The Bertz CT molecular complexity index is 771. The maximum atomic E-state index is 12.9. The predicted octanol–water partition coefficient (Wildman–Crippen LogP) is 3.64. The third-order valence-corrected chi connectivity index (χ3v) is 6.95. The Kier molecular flexibility index (Phi) is 8.24. The molecule has 176 valence electrons. The van der Waals surface area contributed by atoms with Gasteiger partial charge >= 0.3 is 0 Å². The van der Waals surface area contributed by atoms with Gasteiger partial charge in [0.1, 0.15) is 6.10 Å². The molecule has 2 saturated carbocycles. The smallest absolute Gasteiger partial charge is 0.225 e. The quantitative estimate of drug-likeness (QED) is 0.499. The highest BCUT2D eigenvalue weighted by Crippen LogP contribution is 2.27. The molecule has 0 spiro atoms. The number of nitrogens with one attached hydrogen (secondary N) is 2. The summed E-state index contributed by atoms with van der Waals surface area (Å²) < 4.78 is 6.03. The Balaban J connectivity index is 1.30. The minimum absolute atomic E-state index is 0.247. The molecule has 0 radical (unpaired) electrons. The van der Waals surface area contributed by atoms with Crippen LogP contribution in [0.25, 0.3) is 0 Å². The van der Waals surface area contributed by atoms with E-state index in [4.69, 9.17) is 9.73 Å². The standard InChI is InChI=1S/C25H39N5O2/c1-2-26-25(28-17-19-12-14-27-23(16-19)32-22-10-6-7-11-22)29-21-13-15-30(18-21)24(31)20-8-4-3-5-9-20/h12,14,16,20-22H,2-11,13,15,17-18H2,1H3,(H2,26,28,29). The highest BCUT2D eigenvalue weighted by Gasteiger charge is 2.31. The molecule has 2 heterocycles. The highest BCUT2D eigenvalue weighted by molar-refractivity contribution is 5.81.